The molecule has 1 aromatic carbocycles. The Morgan fingerprint density at radius 2 is 1.89 bits per heavy atom. The van der Waals surface area contributed by atoms with Crippen molar-refractivity contribution in [1.82, 2.24) is 0 Å². The predicted molar refractivity (Wildman–Crippen MR) is 77.9 cm³/mol. The summed E-state index contributed by atoms with van der Waals surface area (Å²) in [7, 11) is 0. The van der Waals surface area contributed by atoms with E-state index in [1.54, 1.807) is 0 Å². The highest BCUT2D eigenvalue weighted by atomic mass is 16.5. The molecule has 0 saturated carbocycles. The molecule has 0 aromatic heterocycles. The Morgan fingerprint density at radius 3 is 2.42 bits per heavy atom. The maximum absolute atomic E-state index is 11.7. The van der Waals surface area contributed by atoms with Gasteiger partial charge in [0, 0.05) is 0 Å². The summed E-state index contributed by atoms with van der Waals surface area (Å²) in [5, 5.41) is 0. The molecule has 0 radical (unpaired) electrons. The molecule has 2 nitrogen and oxygen atoms in total. The van der Waals surface area contributed by atoms with Gasteiger partial charge in [-0.05, 0) is 33.9 Å². The highest BCUT2D eigenvalue weighted by Crippen LogP contribution is 2.42. The quantitative estimate of drug-likeness (QED) is 0.548. The lowest BCUT2D eigenvalue weighted by atomic mass is 9.80. The van der Waals surface area contributed by atoms with Crippen LogP contribution in [-0.4, -0.2) is 5.97 Å². The van der Waals surface area contributed by atoms with E-state index < -0.39 is 0 Å². The largest absolute Gasteiger partial charge is 0.426 e. The summed E-state index contributed by atoms with van der Waals surface area (Å²) >= 11 is 0. The number of benzene rings is 1. The number of hydrogen-bond acceptors (Lipinski definition) is 2. The van der Waals surface area contributed by atoms with Crippen LogP contribution in [0.1, 0.15) is 76.5 Å². The van der Waals surface area contributed by atoms with Gasteiger partial charge >= 0.3 is 5.97 Å². The molecule has 0 amide bonds. The van der Waals surface area contributed by atoms with Crippen LogP contribution in [0.15, 0.2) is 12.1 Å². The van der Waals surface area contributed by atoms with Crippen LogP contribution in [0.2, 0.25) is 0 Å². The van der Waals surface area contributed by atoms with Crippen LogP contribution in [0.25, 0.3) is 0 Å². The van der Waals surface area contributed by atoms with Crippen LogP contribution in [-0.2, 0) is 10.2 Å². The van der Waals surface area contributed by atoms with Crippen LogP contribution < -0.4 is 4.74 Å². The zero-order valence-corrected chi connectivity index (χ0v) is 12.8. The van der Waals surface area contributed by atoms with Crippen LogP contribution in [0, 0.1) is 0 Å². The van der Waals surface area contributed by atoms with E-state index in [-0.39, 0.29) is 17.3 Å². The van der Waals surface area contributed by atoms with Gasteiger partial charge in [0.15, 0.2) is 0 Å². The molecule has 0 N–H and O–H groups in total. The minimum absolute atomic E-state index is 0.106. The molecule has 104 valence electrons. The molecule has 1 unspecified atom stereocenters. The topological polar surface area (TPSA) is 26.3 Å². The summed E-state index contributed by atoms with van der Waals surface area (Å²) in [6.07, 6.45) is 0.484. The average Bonchev–Trinajstić information content (AvgIpc) is 2.25. The molecule has 1 aromatic rings. The Labute approximate surface area is 116 Å². The SMILES string of the molecule is CC(C)c1cc(C(C)(C)C)cc2c1OC(=O)CC2C. The molecule has 2 rings (SSSR count). The lowest BCUT2D eigenvalue weighted by Gasteiger charge is -2.29. The molecule has 0 aliphatic carbocycles. The zero-order valence-electron chi connectivity index (χ0n) is 12.8. The second-order valence-corrected chi connectivity index (χ2v) is 6.97. The van der Waals surface area contributed by atoms with E-state index in [1.807, 2.05) is 0 Å². The molecule has 0 fully saturated rings. The molecular formula is C17H24O2. The first-order valence-corrected chi connectivity index (χ1v) is 7.09. The molecule has 1 aliphatic heterocycles. The molecule has 0 saturated heterocycles. The second kappa shape index (κ2) is 4.66. The number of hydrogen-bond donors (Lipinski definition) is 0. The van der Waals surface area contributed by atoms with Crippen LogP contribution in [0.4, 0.5) is 0 Å². The van der Waals surface area contributed by atoms with Gasteiger partial charge in [0.25, 0.3) is 0 Å². The molecule has 1 aliphatic rings. The van der Waals surface area contributed by atoms with Gasteiger partial charge in [0.1, 0.15) is 5.75 Å². The normalized spacial score (nSPS) is 19.3. The Bertz CT molecular complexity index is 489. The Morgan fingerprint density at radius 1 is 1.26 bits per heavy atom. The third-order valence-electron chi connectivity index (χ3n) is 3.85. The number of fused-ring (bicyclic) bond motifs is 1. The minimum atomic E-state index is -0.106. The fraction of sp³-hybridized carbons (Fsp3) is 0.588. The van der Waals surface area contributed by atoms with Gasteiger partial charge < -0.3 is 4.74 Å². The monoisotopic (exact) mass is 260 g/mol. The lowest BCUT2D eigenvalue weighted by Crippen LogP contribution is -2.22. The van der Waals surface area contributed by atoms with Crippen molar-refractivity contribution in [2.75, 3.05) is 0 Å². The van der Waals surface area contributed by atoms with Crippen molar-refractivity contribution >= 4 is 5.97 Å². The van der Waals surface area contributed by atoms with Gasteiger partial charge in [-0.2, -0.15) is 0 Å². The van der Waals surface area contributed by atoms with Gasteiger partial charge in [0.05, 0.1) is 6.42 Å². The molecule has 2 heteroatoms. The van der Waals surface area contributed by atoms with E-state index in [0.29, 0.717) is 12.3 Å². The Kier molecular flexibility index (Phi) is 3.46. The van der Waals surface area contributed by atoms with Crippen molar-refractivity contribution in [2.24, 2.45) is 0 Å². The maximum Gasteiger partial charge on any atom is 0.311 e. The van der Waals surface area contributed by atoms with Crippen molar-refractivity contribution in [3.05, 3.63) is 28.8 Å². The Hall–Kier alpha value is -1.31. The van der Waals surface area contributed by atoms with Crippen LogP contribution in [0.5, 0.6) is 5.75 Å². The fourth-order valence-electron chi connectivity index (χ4n) is 2.54. The number of carbonyl (C=O) groups excluding carboxylic acids is 1. The van der Waals surface area contributed by atoms with Crippen molar-refractivity contribution in [3.63, 3.8) is 0 Å². The number of esters is 1. The Balaban J connectivity index is 2.66. The predicted octanol–water partition coefficient (Wildman–Crippen LogP) is 4.52. The summed E-state index contributed by atoms with van der Waals surface area (Å²) in [5.74, 6) is 1.31. The summed E-state index contributed by atoms with van der Waals surface area (Å²) < 4.78 is 5.52. The smallest absolute Gasteiger partial charge is 0.311 e. The summed E-state index contributed by atoms with van der Waals surface area (Å²) in [6, 6.07) is 4.42. The zero-order chi connectivity index (χ0) is 14.4. The molecule has 1 atom stereocenters. The van der Waals surface area contributed by atoms with E-state index in [9.17, 15) is 4.79 Å². The van der Waals surface area contributed by atoms with E-state index in [4.69, 9.17) is 4.74 Å². The number of carbonyl (C=O) groups is 1. The van der Waals surface area contributed by atoms with Gasteiger partial charge in [0.2, 0.25) is 0 Å². The van der Waals surface area contributed by atoms with Crippen LogP contribution >= 0.6 is 0 Å². The van der Waals surface area contributed by atoms with Gasteiger partial charge in [-0.25, -0.2) is 0 Å². The first-order chi connectivity index (χ1) is 8.70. The van der Waals surface area contributed by atoms with Crippen molar-refractivity contribution in [1.29, 1.82) is 0 Å². The standard InChI is InChI=1S/C17H24O2/c1-10(2)13-8-12(17(4,5)6)9-14-11(3)7-15(18)19-16(13)14/h8-11H,7H2,1-6H3. The minimum Gasteiger partial charge on any atom is -0.426 e. The lowest BCUT2D eigenvalue weighted by molar-refractivity contribution is -0.135. The van der Waals surface area contributed by atoms with E-state index in [0.717, 1.165) is 11.3 Å². The second-order valence-electron chi connectivity index (χ2n) is 6.97. The molecule has 0 bridgehead atoms. The number of rotatable bonds is 1. The maximum atomic E-state index is 11.7. The van der Waals surface area contributed by atoms with E-state index in [2.05, 4.69) is 53.7 Å². The average molecular weight is 260 g/mol. The van der Waals surface area contributed by atoms with Gasteiger partial charge in [-0.3, -0.25) is 4.79 Å². The third kappa shape index (κ3) is 2.68. The number of ether oxygens (including phenoxy) is 1. The summed E-state index contributed by atoms with van der Waals surface area (Å²) in [5.41, 5.74) is 3.78. The van der Waals surface area contributed by atoms with Crippen molar-refractivity contribution < 1.29 is 9.53 Å². The van der Waals surface area contributed by atoms with Crippen molar-refractivity contribution in [3.8, 4) is 5.75 Å². The van der Waals surface area contributed by atoms with Gasteiger partial charge in [-0.1, -0.05) is 53.7 Å². The fourth-order valence-corrected chi connectivity index (χ4v) is 2.54. The molecule has 19 heavy (non-hydrogen) atoms. The van der Waals surface area contributed by atoms with Gasteiger partial charge in [-0.15, -0.1) is 0 Å². The first-order valence-electron chi connectivity index (χ1n) is 7.09. The third-order valence-corrected chi connectivity index (χ3v) is 3.85. The molecule has 0 spiro atoms. The first kappa shape index (κ1) is 14.1. The molecular weight excluding hydrogens is 236 g/mol. The van der Waals surface area contributed by atoms with E-state index in [1.165, 1.54) is 11.1 Å². The van der Waals surface area contributed by atoms with Crippen LogP contribution in [0.3, 0.4) is 0 Å². The molecule has 1 heterocycles. The highest BCUT2D eigenvalue weighted by molar-refractivity contribution is 5.77. The van der Waals surface area contributed by atoms with E-state index >= 15 is 0 Å². The van der Waals surface area contributed by atoms with Crippen molar-refractivity contribution in [2.45, 2.75) is 65.2 Å². The summed E-state index contributed by atoms with van der Waals surface area (Å²) in [4.78, 5) is 11.7. The summed E-state index contributed by atoms with van der Waals surface area (Å²) in [6.45, 7) is 13.1. The highest BCUT2D eigenvalue weighted by Gasteiger charge is 2.29.